The highest BCUT2D eigenvalue weighted by molar-refractivity contribution is 6.31. The van der Waals surface area contributed by atoms with Crippen LogP contribution in [0.3, 0.4) is 0 Å². The smallest absolute Gasteiger partial charge is 0.339 e. The molecule has 0 saturated heterocycles. The van der Waals surface area contributed by atoms with Crippen molar-refractivity contribution in [2.75, 3.05) is 17.7 Å². The molecule has 0 bridgehead atoms. The number of benzene rings is 2. The Hall–Kier alpha value is -3.45. The summed E-state index contributed by atoms with van der Waals surface area (Å²) in [5.41, 5.74) is 2.43. The highest BCUT2D eigenvalue weighted by Gasteiger charge is 2.14. The molecule has 0 aliphatic heterocycles. The molecule has 142 valence electrons. The first-order valence-electron chi connectivity index (χ1n) is 8.33. The summed E-state index contributed by atoms with van der Waals surface area (Å²) in [6.45, 7) is 1.88. The largest absolute Gasteiger partial charge is 0.465 e. The van der Waals surface area contributed by atoms with Gasteiger partial charge in [-0.3, -0.25) is 4.79 Å². The number of amides is 1. The molecule has 0 aliphatic carbocycles. The molecular weight excluding hydrogens is 380 g/mol. The molecule has 0 aliphatic rings. The van der Waals surface area contributed by atoms with Gasteiger partial charge in [0, 0.05) is 16.9 Å². The van der Waals surface area contributed by atoms with Gasteiger partial charge in [0.1, 0.15) is 5.69 Å². The number of nitrogens with zero attached hydrogens (tertiary/aromatic N) is 2. The Bertz CT molecular complexity index is 1040. The van der Waals surface area contributed by atoms with Crippen LogP contribution in [0.5, 0.6) is 0 Å². The molecule has 0 unspecified atom stereocenters. The quantitative estimate of drug-likeness (QED) is 0.627. The summed E-state index contributed by atoms with van der Waals surface area (Å²) < 4.78 is 4.77. The van der Waals surface area contributed by atoms with E-state index in [9.17, 15) is 9.59 Å². The first-order valence-corrected chi connectivity index (χ1v) is 8.70. The van der Waals surface area contributed by atoms with E-state index >= 15 is 0 Å². The van der Waals surface area contributed by atoms with Gasteiger partial charge in [-0.15, -0.1) is 0 Å². The van der Waals surface area contributed by atoms with E-state index in [0.29, 0.717) is 22.0 Å². The molecule has 2 aromatic carbocycles. The highest BCUT2D eigenvalue weighted by Crippen LogP contribution is 2.21. The number of aryl methyl sites for hydroxylation is 1. The second kappa shape index (κ2) is 8.49. The second-order valence-electron chi connectivity index (χ2n) is 5.85. The molecule has 0 atom stereocenters. The molecule has 0 spiro atoms. The Morgan fingerprint density at radius 1 is 1.11 bits per heavy atom. The zero-order valence-corrected chi connectivity index (χ0v) is 15.9. The second-order valence-corrected chi connectivity index (χ2v) is 6.25. The third kappa shape index (κ3) is 4.44. The number of hydrogen-bond donors (Lipinski definition) is 2. The Balaban J connectivity index is 1.80. The number of halogens is 1. The van der Waals surface area contributed by atoms with Crippen LogP contribution in [0.4, 0.5) is 17.3 Å². The minimum atomic E-state index is -0.492. The minimum Gasteiger partial charge on any atom is -0.465 e. The maximum atomic E-state index is 12.5. The summed E-state index contributed by atoms with van der Waals surface area (Å²) in [6.07, 6.45) is 1.45. The molecule has 7 nitrogen and oxygen atoms in total. The van der Waals surface area contributed by atoms with Crippen molar-refractivity contribution in [3.05, 3.63) is 76.6 Å². The molecule has 0 fully saturated rings. The van der Waals surface area contributed by atoms with Crippen molar-refractivity contribution >= 4 is 40.8 Å². The van der Waals surface area contributed by atoms with Crippen molar-refractivity contribution in [2.45, 2.75) is 6.92 Å². The maximum Gasteiger partial charge on any atom is 0.339 e. The van der Waals surface area contributed by atoms with E-state index < -0.39 is 11.9 Å². The van der Waals surface area contributed by atoms with Crippen molar-refractivity contribution in [1.29, 1.82) is 0 Å². The normalized spacial score (nSPS) is 10.2. The Morgan fingerprint density at radius 2 is 1.89 bits per heavy atom. The summed E-state index contributed by atoms with van der Waals surface area (Å²) in [7, 11) is 1.30. The SMILES string of the molecule is COC(=O)c1ccccc1Nc1nccc(C(=O)Nc2ccc(C)c(Cl)c2)n1. The number of methoxy groups -OCH3 is 1. The van der Waals surface area contributed by atoms with Crippen LogP contribution in [0.25, 0.3) is 0 Å². The number of ether oxygens (including phenoxy) is 1. The van der Waals surface area contributed by atoms with E-state index in [1.54, 1.807) is 36.4 Å². The molecule has 2 N–H and O–H groups in total. The van der Waals surface area contributed by atoms with Crippen LogP contribution in [0, 0.1) is 6.92 Å². The highest BCUT2D eigenvalue weighted by atomic mass is 35.5. The lowest BCUT2D eigenvalue weighted by Crippen LogP contribution is -2.15. The average Bonchev–Trinajstić information content (AvgIpc) is 2.71. The third-order valence-corrected chi connectivity index (χ3v) is 4.30. The number of rotatable bonds is 5. The lowest BCUT2D eigenvalue weighted by Gasteiger charge is -2.10. The average molecular weight is 397 g/mol. The number of para-hydroxylation sites is 1. The summed E-state index contributed by atoms with van der Waals surface area (Å²) in [6, 6.07) is 13.5. The number of anilines is 3. The molecule has 1 heterocycles. The van der Waals surface area contributed by atoms with E-state index in [1.165, 1.54) is 19.4 Å². The summed E-state index contributed by atoms with van der Waals surface area (Å²) >= 11 is 6.09. The Morgan fingerprint density at radius 3 is 2.64 bits per heavy atom. The maximum absolute atomic E-state index is 12.5. The number of carbonyl (C=O) groups excluding carboxylic acids is 2. The first kappa shape index (κ1) is 19.3. The monoisotopic (exact) mass is 396 g/mol. The fourth-order valence-electron chi connectivity index (χ4n) is 2.41. The van der Waals surface area contributed by atoms with Crippen molar-refractivity contribution in [3.63, 3.8) is 0 Å². The molecule has 3 aromatic rings. The lowest BCUT2D eigenvalue weighted by molar-refractivity contribution is 0.0601. The standard InChI is InChI=1S/C20H17ClN4O3/c1-12-7-8-13(11-15(12)21)23-18(26)17-9-10-22-20(25-17)24-16-6-4-3-5-14(16)19(27)28-2/h3-11H,1-2H3,(H,23,26)(H,22,24,25). The van der Waals surface area contributed by atoms with Gasteiger partial charge in [-0.2, -0.15) is 0 Å². The van der Waals surface area contributed by atoms with Gasteiger partial charge in [0.25, 0.3) is 5.91 Å². The summed E-state index contributed by atoms with van der Waals surface area (Å²) in [4.78, 5) is 32.7. The van der Waals surface area contributed by atoms with Crippen LogP contribution in [0.2, 0.25) is 5.02 Å². The van der Waals surface area contributed by atoms with Crippen molar-refractivity contribution in [1.82, 2.24) is 9.97 Å². The van der Waals surface area contributed by atoms with Gasteiger partial charge in [-0.25, -0.2) is 14.8 Å². The van der Waals surface area contributed by atoms with Gasteiger partial charge in [0.2, 0.25) is 5.95 Å². The number of aromatic nitrogens is 2. The van der Waals surface area contributed by atoms with Crippen LogP contribution in [-0.4, -0.2) is 29.0 Å². The lowest BCUT2D eigenvalue weighted by atomic mass is 10.2. The summed E-state index contributed by atoms with van der Waals surface area (Å²) in [5.74, 6) is -0.731. The molecular formula is C20H17ClN4O3. The number of esters is 1. The van der Waals surface area contributed by atoms with Crippen LogP contribution in [0.15, 0.2) is 54.7 Å². The number of hydrogen-bond acceptors (Lipinski definition) is 6. The van der Waals surface area contributed by atoms with Gasteiger partial charge >= 0.3 is 5.97 Å². The predicted molar refractivity (Wildman–Crippen MR) is 107 cm³/mol. The molecule has 0 saturated carbocycles. The van der Waals surface area contributed by atoms with Gasteiger partial charge < -0.3 is 15.4 Å². The fraction of sp³-hybridized carbons (Fsp3) is 0.100. The van der Waals surface area contributed by atoms with Gasteiger partial charge in [0.05, 0.1) is 18.4 Å². The van der Waals surface area contributed by atoms with Crippen LogP contribution >= 0.6 is 11.6 Å². The molecule has 28 heavy (non-hydrogen) atoms. The van der Waals surface area contributed by atoms with E-state index in [-0.39, 0.29) is 11.6 Å². The van der Waals surface area contributed by atoms with Crippen LogP contribution < -0.4 is 10.6 Å². The van der Waals surface area contributed by atoms with Gasteiger partial charge in [-0.05, 0) is 42.8 Å². The zero-order chi connectivity index (χ0) is 20.1. The summed E-state index contributed by atoms with van der Waals surface area (Å²) in [5, 5.41) is 6.24. The third-order valence-electron chi connectivity index (χ3n) is 3.90. The Kier molecular flexibility index (Phi) is 5.86. The minimum absolute atomic E-state index is 0.157. The van der Waals surface area contributed by atoms with Crippen LogP contribution in [-0.2, 0) is 4.74 Å². The van der Waals surface area contributed by atoms with E-state index in [4.69, 9.17) is 16.3 Å². The molecule has 8 heteroatoms. The van der Waals surface area contributed by atoms with Crippen molar-refractivity contribution in [2.24, 2.45) is 0 Å². The predicted octanol–water partition coefficient (Wildman–Crippen LogP) is 4.22. The zero-order valence-electron chi connectivity index (χ0n) is 15.2. The first-order chi connectivity index (χ1) is 13.5. The topological polar surface area (TPSA) is 93.2 Å². The Labute approximate surface area is 166 Å². The number of carbonyl (C=O) groups is 2. The van der Waals surface area contributed by atoms with Crippen molar-refractivity contribution in [3.8, 4) is 0 Å². The number of nitrogens with one attached hydrogen (secondary N) is 2. The molecule has 3 rings (SSSR count). The fourth-order valence-corrected chi connectivity index (χ4v) is 2.59. The van der Waals surface area contributed by atoms with Gasteiger partial charge in [-0.1, -0.05) is 29.8 Å². The van der Waals surface area contributed by atoms with E-state index in [1.807, 2.05) is 13.0 Å². The van der Waals surface area contributed by atoms with E-state index in [0.717, 1.165) is 5.56 Å². The molecule has 1 aromatic heterocycles. The van der Waals surface area contributed by atoms with Crippen molar-refractivity contribution < 1.29 is 14.3 Å². The van der Waals surface area contributed by atoms with Gasteiger partial charge in [0.15, 0.2) is 0 Å². The van der Waals surface area contributed by atoms with E-state index in [2.05, 4.69) is 20.6 Å². The molecule has 0 radical (unpaired) electrons. The van der Waals surface area contributed by atoms with Crippen LogP contribution in [0.1, 0.15) is 26.4 Å². The molecule has 1 amide bonds.